The molecule has 1 rings (SSSR count). The SMILES string of the molecule is CCC1(C)CCC(C)(CC)S1. The van der Waals surface area contributed by atoms with E-state index >= 15 is 0 Å². The molecule has 1 aliphatic heterocycles. The zero-order valence-electron chi connectivity index (χ0n) is 8.24. The standard InChI is InChI=1S/C10H20S/c1-5-9(3)7-8-10(4,6-2)11-9/h5-8H2,1-4H3. The largest absolute Gasteiger partial charge is 0.149 e. The molecule has 0 amide bonds. The van der Waals surface area contributed by atoms with Crippen LogP contribution in [0.2, 0.25) is 0 Å². The Labute approximate surface area is 75.1 Å². The van der Waals surface area contributed by atoms with Gasteiger partial charge in [0.2, 0.25) is 0 Å². The van der Waals surface area contributed by atoms with E-state index in [1.54, 1.807) is 0 Å². The van der Waals surface area contributed by atoms with Gasteiger partial charge in [-0.25, -0.2) is 0 Å². The summed E-state index contributed by atoms with van der Waals surface area (Å²) in [4.78, 5) is 0. The Morgan fingerprint density at radius 2 is 1.36 bits per heavy atom. The van der Waals surface area contributed by atoms with E-state index in [2.05, 4.69) is 39.5 Å². The minimum Gasteiger partial charge on any atom is -0.149 e. The van der Waals surface area contributed by atoms with E-state index in [1.807, 2.05) is 0 Å². The second-order valence-electron chi connectivity index (χ2n) is 4.21. The molecule has 0 aliphatic carbocycles. The molecule has 2 unspecified atom stereocenters. The molecule has 11 heavy (non-hydrogen) atoms. The van der Waals surface area contributed by atoms with Gasteiger partial charge in [-0.05, 0) is 25.7 Å². The van der Waals surface area contributed by atoms with Gasteiger partial charge in [0.05, 0.1) is 0 Å². The summed E-state index contributed by atoms with van der Waals surface area (Å²) in [6.07, 6.45) is 5.48. The third-order valence-electron chi connectivity index (χ3n) is 3.17. The van der Waals surface area contributed by atoms with E-state index in [0.717, 1.165) is 0 Å². The minimum atomic E-state index is 0.588. The Kier molecular flexibility index (Phi) is 2.58. The lowest BCUT2D eigenvalue weighted by Gasteiger charge is -2.26. The lowest BCUT2D eigenvalue weighted by Crippen LogP contribution is -2.17. The molecule has 0 saturated carbocycles. The van der Waals surface area contributed by atoms with Crippen LogP contribution >= 0.6 is 11.8 Å². The van der Waals surface area contributed by atoms with E-state index in [9.17, 15) is 0 Å². The van der Waals surface area contributed by atoms with Crippen molar-refractivity contribution in [2.24, 2.45) is 0 Å². The Hall–Kier alpha value is 0.350. The van der Waals surface area contributed by atoms with Crippen molar-refractivity contribution in [3.8, 4) is 0 Å². The van der Waals surface area contributed by atoms with Gasteiger partial charge in [0.25, 0.3) is 0 Å². The molecule has 1 aliphatic rings. The van der Waals surface area contributed by atoms with Crippen LogP contribution in [0.15, 0.2) is 0 Å². The molecule has 0 nitrogen and oxygen atoms in total. The van der Waals surface area contributed by atoms with Gasteiger partial charge in [0.1, 0.15) is 0 Å². The molecule has 0 aromatic rings. The van der Waals surface area contributed by atoms with Crippen molar-refractivity contribution in [1.29, 1.82) is 0 Å². The molecular formula is C10H20S. The summed E-state index contributed by atoms with van der Waals surface area (Å²) in [5, 5.41) is 0. The maximum atomic E-state index is 2.42. The Bertz CT molecular complexity index is 128. The van der Waals surface area contributed by atoms with Crippen molar-refractivity contribution in [2.45, 2.75) is 62.9 Å². The average molecular weight is 172 g/mol. The van der Waals surface area contributed by atoms with E-state index in [1.165, 1.54) is 25.7 Å². The monoisotopic (exact) mass is 172 g/mol. The van der Waals surface area contributed by atoms with Crippen LogP contribution in [0.25, 0.3) is 0 Å². The summed E-state index contributed by atoms with van der Waals surface area (Å²) in [5.41, 5.74) is 0. The van der Waals surface area contributed by atoms with Gasteiger partial charge in [-0.1, -0.05) is 27.7 Å². The summed E-state index contributed by atoms with van der Waals surface area (Å²) in [7, 11) is 0. The molecule has 2 atom stereocenters. The molecule has 0 aromatic carbocycles. The van der Waals surface area contributed by atoms with Crippen LogP contribution in [0, 0.1) is 0 Å². The highest BCUT2D eigenvalue weighted by Gasteiger charge is 2.40. The Morgan fingerprint density at radius 3 is 1.55 bits per heavy atom. The molecular weight excluding hydrogens is 152 g/mol. The van der Waals surface area contributed by atoms with Crippen LogP contribution in [0.3, 0.4) is 0 Å². The Balaban J connectivity index is 2.58. The highest BCUT2D eigenvalue weighted by molar-refractivity contribution is 8.02. The predicted molar refractivity (Wildman–Crippen MR) is 54.2 cm³/mol. The van der Waals surface area contributed by atoms with Crippen molar-refractivity contribution in [1.82, 2.24) is 0 Å². The zero-order valence-corrected chi connectivity index (χ0v) is 9.05. The summed E-state index contributed by atoms with van der Waals surface area (Å²) >= 11 is 2.22. The van der Waals surface area contributed by atoms with Crippen LogP contribution in [-0.4, -0.2) is 9.49 Å². The first-order valence-corrected chi connectivity index (χ1v) is 5.55. The van der Waals surface area contributed by atoms with Gasteiger partial charge >= 0.3 is 0 Å². The highest BCUT2D eigenvalue weighted by atomic mass is 32.2. The third kappa shape index (κ3) is 1.93. The quantitative estimate of drug-likeness (QED) is 0.609. The van der Waals surface area contributed by atoms with Crippen molar-refractivity contribution in [3.05, 3.63) is 0 Å². The van der Waals surface area contributed by atoms with Crippen LogP contribution in [0.5, 0.6) is 0 Å². The van der Waals surface area contributed by atoms with Gasteiger partial charge in [0, 0.05) is 9.49 Å². The molecule has 1 heteroatoms. The van der Waals surface area contributed by atoms with E-state index in [-0.39, 0.29) is 0 Å². The van der Waals surface area contributed by atoms with Crippen molar-refractivity contribution < 1.29 is 0 Å². The molecule has 1 saturated heterocycles. The first-order chi connectivity index (χ1) is 5.04. The minimum absolute atomic E-state index is 0.588. The predicted octanol–water partition coefficient (Wildman–Crippen LogP) is 3.85. The molecule has 0 spiro atoms. The smallest absolute Gasteiger partial charge is 0.0135 e. The van der Waals surface area contributed by atoms with E-state index < -0.39 is 0 Å². The van der Waals surface area contributed by atoms with Crippen LogP contribution < -0.4 is 0 Å². The third-order valence-corrected chi connectivity index (χ3v) is 5.14. The molecule has 0 bridgehead atoms. The average Bonchev–Trinajstić information content (AvgIpc) is 2.30. The maximum absolute atomic E-state index is 2.42. The van der Waals surface area contributed by atoms with Crippen LogP contribution in [-0.2, 0) is 0 Å². The summed E-state index contributed by atoms with van der Waals surface area (Å²) < 4.78 is 1.18. The first kappa shape index (κ1) is 9.44. The second-order valence-corrected chi connectivity index (χ2v) is 6.38. The van der Waals surface area contributed by atoms with Gasteiger partial charge in [-0.2, -0.15) is 0 Å². The second kappa shape index (κ2) is 3.01. The van der Waals surface area contributed by atoms with Crippen molar-refractivity contribution in [3.63, 3.8) is 0 Å². The van der Waals surface area contributed by atoms with Crippen LogP contribution in [0.4, 0.5) is 0 Å². The fraction of sp³-hybridized carbons (Fsp3) is 1.00. The number of thioether (sulfide) groups is 1. The van der Waals surface area contributed by atoms with Gasteiger partial charge in [-0.3, -0.25) is 0 Å². The lowest BCUT2D eigenvalue weighted by atomic mass is 9.95. The number of hydrogen-bond donors (Lipinski definition) is 0. The van der Waals surface area contributed by atoms with Gasteiger partial charge < -0.3 is 0 Å². The van der Waals surface area contributed by atoms with Gasteiger partial charge in [-0.15, -0.1) is 11.8 Å². The van der Waals surface area contributed by atoms with E-state index in [0.29, 0.717) is 9.49 Å². The molecule has 0 radical (unpaired) electrons. The fourth-order valence-electron chi connectivity index (χ4n) is 1.72. The zero-order chi connectivity index (χ0) is 8.54. The molecule has 1 heterocycles. The topological polar surface area (TPSA) is 0 Å². The highest BCUT2D eigenvalue weighted by Crippen LogP contribution is 2.53. The summed E-state index contributed by atoms with van der Waals surface area (Å²) in [5.74, 6) is 0. The van der Waals surface area contributed by atoms with Crippen molar-refractivity contribution in [2.75, 3.05) is 0 Å². The fourth-order valence-corrected chi connectivity index (χ4v) is 3.61. The number of hydrogen-bond acceptors (Lipinski definition) is 1. The molecule has 0 N–H and O–H groups in total. The maximum Gasteiger partial charge on any atom is 0.0135 e. The summed E-state index contributed by atoms with van der Waals surface area (Å²) in [6.45, 7) is 9.46. The van der Waals surface area contributed by atoms with Crippen LogP contribution in [0.1, 0.15) is 53.4 Å². The summed E-state index contributed by atoms with van der Waals surface area (Å²) in [6, 6.07) is 0. The van der Waals surface area contributed by atoms with Gasteiger partial charge in [0.15, 0.2) is 0 Å². The number of rotatable bonds is 2. The lowest BCUT2D eigenvalue weighted by molar-refractivity contribution is 0.526. The molecule has 1 fully saturated rings. The molecule has 66 valence electrons. The van der Waals surface area contributed by atoms with Crippen molar-refractivity contribution >= 4 is 11.8 Å². The molecule has 0 aromatic heterocycles. The first-order valence-electron chi connectivity index (χ1n) is 4.74. The Morgan fingerprint density at radius 1 is 1.00 bits per heavy atom. The normalized spacial score (nSPS) is 44.7. The van der Waals surface area contributed by atoms with E-state index in [4.69, 9.17) is 0 Å².